The van der Waals surface area contributed by atoms with Crippen molar-refractivity contribution in [3.8, 4) is 18.0 Å². The van der Waals surface area contributed by atoms with Gasteiger partial charge in [0.2, 0.25) is 5.91 Å². The van der Waals surface area contributed by atoms with Gasteiger partial charge in [0.25, 0.3) is 5.56 Å². The third kappa shape index (κ3) is 5.26. The average molecular weight is 471 g/mol. The van der Waals surface area contributed by atoms with Gasteiger partial charge in [-0.15, -0.1) is 6.42 Å². The third-order valence-corrected chi connectivity index (χ3v) is 6.01. The van der Waals surface area contributed by atoms with Crippen molar-refractivity contribution >= 4 is 23.3 Å². The first kappa shape index (κ1) is 23.8. The van der Waals surface area contributed by atoms with Gasteiger partial charge in [0.15, 0.2) is 0 Å². The van der Waals surface area contributed by atoms with Crippen molar-refractivity contribution < 1.29 is 14.3 Å². The molecule has 0 radical (unpaired) electrons. The van der Waals surface area contributed by atoms with Gasteiger partial charge < -0.3 is 20.3 Å². The zero-order valence-electron chi connectivity index (χ0n) is 19.5. The minimum atomic E-state index is -0.705. The van der Waals surface area contributed by atoms with E-state index in [4.69, 9.17) is 11.2 Å². The van der Waals surface area contributed by atoms with Crippen molar-refractivity contribution in [1.29, 1.82) is 0 Å². The second kappa shape index (κ2) is 10.3. The number of terminal acetylenes is 1. The number of aromatic nitrogens is 1. The standard InChI is InChI=1S/C27H26N4O4/c1-4-19-7-9-21(10-8-19)29-27(34)31-17-23(35-3)16-24(31)25(32)28-20-11-13-22(14-12-20)30-15-5-6-18(2)26(30)33/h1,5-15,23-24H,16-17H2,2-3H3,(H,28,32)(H,29,34). The number of amides is 3. The van der Waals surface area contributed by atoms with Crippen LogP contribution in [0.25, 0.3) is 5.69 Å². The van der Waals surface area contributed by atoms with Gasteiger partial charge in [0.1, 0.15) is 6.04 Å². The van der Waals surface area contributed by atoms with E-state index in [1.54, 1.807) is 79.4 Å². The molecule has 4 rings (SSSR count). The summed E-state index contributed by atoms with van der Waals surface area (Å²) in [4.78, 5) is 39.9. The fraction of sp³-hybridized carbons (Fsp3) is 0.222. The molecule has 3 aromatic rings. The minimum absolute atomic E-state index is 0.101. The Bertz CT molecular complexity index is 1320. The highest BCUT2D eigenvalue weighted by Gasteiger charge is 2.40. The maximum atomic E-state index is 13.1. The fourth-order valence-electron chi connectivity index (χ4n) is 4.02. The number of carbonyl (C=O) groups is 2. The number of hydrogen-bond donors (Lipinski definition) is 2. The SMILES string of the molecule is C#Cc1ccc(NC(=O)N2CC(OC)CC2C(=O)Nc2ccc(-n3cccc(C)c3=O)cc2)cc1. The molecule has 1 aliphatic heterocycles. The zero-order valence-corrected chi connectivity index (χ0v) is 19.5. The summed E-state index contributed by atoms with van der Waals surface area (Å²) in [5.41, 5.74) is 3.08. The fourth-order valence-corrected chi connectivity index (χ4v) is 4.02. The Hall–Kier alpha value is -4.35. The molecule has 3 amide bonds. The lowest BCUT2D eigenvalue weighted by Gasteiger charge is -2.24. The van der Waals surface area contributed by atoms with E-state index in [0.29, 0.717) is 34.6 Å². The van der Waals surface area contributed by atoms with Crippen molar-refractivity contribution in [2.75, 3.05) is 24.3 Å². The molecule has 178 valence electrons. The quantitative estimate of drug-likeness (QED) is 0.559. The van der Waals surface area contributed by atoms with Gasteiger partial charge in [-0.1, -0.05) is 12.0 Å². The van der Waals surface area contributed by atoms with Crippen LogP contribution in [0.1, 0.15) is 17.5 Å². The molecular weight excluding hydrogens is 444 g/mol. The number of nitrogens with zero attached hydrogens (tertiary/aromatic N) is 2. The van der Waals surface area contributed by atoms with Crippen LogP contribution >= 0.6 is 0 Å². The number of anilines is 2. The molecule has 8 nitrogen and oxygen atoms in total. The molecule has 0 saturated carbocycles. The zero-order chi connectivity index (χ0) is 24.9. The van der Waals surface area contributed by atoms with Crippen LogP contribution in [0, 0.1) is 19.3 Å². The van der Waals surface area contributed by atoms with Gasteiger partial charge in [-0.25, -0.2) is 4.79 Å². The molecule has 1 fully saturated rings. The molecule has 0 bridgehead atoms. The summed E-state index contributed by atoms with van der Waals surface area (Å²) in [6.07, 6.45) is 7.20. The first-order valence-corrected chi connectivity index (χ1v) is 11.2. The van der Waals surface area contributed by atoms with Crippen molar-refractivity contribution in [3.05, 3.63) is 88.3 Å². The largest absolute Gasteiger partial charge is 0.380 e. The summed E-state index contributed by atoms with van der Waals surface area (Å²) in [7, 11) is 1.56. The molecule has 1 aliphatic rings. The number of benzene rings is 2. The Balaban J connectivity index is 1.46. The molecule has 0 spiro atoms. The Labute approximate surface area is 203 Å². The highest BCUT2D eigenvalue weighted by Crippen LogP contribution is 2.23. The van der Waals surface area contributed by atoms with E-state index in [1.807, 2.05) is 6.07 Å². The van der Waals surface area contributed by atoms with Crippen LogP contribution in [-0.2, 0) is 9.53 Å². The second-order valence-corrected chi connectivity index (χ2v) is 8.32. The summed E-state index contributed by atoms with van der Waals surface area (Å²) in [5, 5.41) is 5.69. The molecule has 2 aromatic carbocycles. The summed E-state index contributed by atoms with van der Waals surface area (Å²) in [6.45, 7) is 2.05. The number of pyridine rings is 1. The Morgan fingerprint density at radius 1 is 1.03 bits per heavy atom. The van der Waals surface area contributed by atoms with Crippen molar-refractivity contribution in [2.24, 2.45) is 0 Å². The van der Waals surface area contributed by atoms with E-state index in [-0.39, 0.29) is 24.1 Å². The van der Waals surface area contributed by atoms with Crippen LogP contribution < -0.4 is 16.2 Å². The summed E-state index contributed by atoms with van der Waals surface area (Å²) >= 11 is 0. The van der Waals surface area contributed by atoms with Crippen LogP contribution in [0.2, 0.25) is 0 Å². The highest BCUT2D eigenvalue weighted by atomic mass is 16.5. The lowest BCUT2D eigenvalue weighted by Crippen LogP contribution is -2.45. The van der Waals surface area contributed by atoms with E-state index in [9.17, 15) is 14.4 Å². The number of nitrogens with one attached hydrogen (secondary N) is 2. The molecule has 2 atom stereocenters. The molecule has 35 heavy (non-hydrogen) atoms. The molecule has 8 heteroatoms. The molecule has 1 saturated heterocycles. The number of aryl methyl sites for hydroxylation is 1. The highest BCUT2D eigenvalue weighted by molar-refractivity contribution is 5.99. The number of methoxy groups -OCH3 is 1. The summed E-state index contributed by atoms with van der Waals surface area (Å²) in [5.74, 6) is 2.21. The molecular formula is C27H26N4O4. The van der Waals surface area contributed by atoms with E-state index in [2.05, 4.69) is 16.6 Å². The maximum Gasteiger partial charge on any atom is 0.322 e. The van der Waals surface area contributed by atoms with Gasteiger partial charge in [0.05, 0.1) is 6.10 Å². The predicted octanol–water partition coefficient (Wildman–Crippen LogP) is 3.39. The molecule has 2 heterocycles. The molecule has 1 aromatic heterocycles. The van der Waals surface area contributed by atoms with Crippen LogP contribution in [-0.4, -0.2) is 47.2 Å². The Morgan fingerprint density at radius 3 is 2.34 bits per heavy atom. The minimum Gasteiger partial charge on any atom is -0.380 e. The van der Waals surface area contributed by atoms with Gasteiger partial charge >= 0.3 is 6.03 Å². The van der Waals surface area contributed by atoms with E-state index < -0.39 is 12.1 Å². The van der Waals surface area contributed by atoms with Crippen LogP contribution in [0.15, 0.2) is 71.7 Å². The monoisotopic (exact) mass is 470 g/mol. The number of carbonyl (C=O) groups excluding carboxylic acids is 2. The van der Waals surface area contributed by atoms with Gasteiger partial charge in [-0.2, -0.15) is 0 Å². The third-order valence-electron chi connectivity index (χ3n) is 6.01. The van der Waals surface area contributed by atoms with Crippen molar-refractivity contribution in [1.82, 2.24) is 9.47 Å². The number of rotatable bonds is 5. The number of urea groups is 1. The van der Waals surface area contributed by atoms with Crippen LogP contribution in [0.5, 0.6) is 0 Å². The predicted molar refractivity (Wildman–Crippen MR) is 135 cm³/mol. The van der Waals surface area contributed by atoms with Crippen LogP contribution in [0.4, 0.5) is 16.2 Å². The second-order valence-electron chi connectivity index (χ2n) is 8.32. The molecule has 0 aliphatic carbocycles. The topological polar surface area (TPSA) is 92.7 Å². The first-order valence-electron chi connectivity index (χ1n) is 11.2. The average Bonchev–Trinajstić information content (AvgIpc) is 3.32. The number of hydrogen-bond acceptors (Lipinski definition) is 4. The van der Waals surface area contributed by atoms with Gasteiger partial charge in [-0.3, -0.25) is 14.2 Å². The number of likely N-dealkylation sites (tertiary alicyclic amines) is 1. The Kier molecular flexibility index (Phi) is 6.99. The van der Waals surface area contributed by atoms with Crippen molar-refractivity contribution in [3.63, 3.8) is 0 Å². The summed E-state index contributed by atoms with van der Waals surface area (Å²) in [6, 6.07) is 16.3. The maximum absolute atomic E-state index is 13.1. The lowest BCUT2D eigenvalue weighted by atomic mass is 10.1. The van der Waals surface area contributed by atoms with E-state index in [0.717, 1.165) is 0 Å². The lowest BCUT2D eigenvalue weighted by molar-refractivity contribution is -0.119. The van der Waals surface area contributed by atoms with Gasteiger partial charge in [-0.05, 0) is 61.5 Å². The normalized spacial score (nSPS) is 17.0. The van der Waals surface area contributed by atoms with Crippen molar-refractivity contribution in [2.45, 2.75) is 25.5 Å². The first-order chi connectivity index (χ1) is 16.9. The van der Waals surface area contributed by atoms with E-state index in [1.165, 1.54) is 4.90 Å². The van der Waals surface area contributed by atoms with Crippen LogP contribution in [0.3, 0.4) is 0 Å². The van der Waals surface area contributed by atoms with Gasteiger partial charge in [0, 0.05) is 54.5 Å². The Morgan fingerprint density at radius 2 is 1.69 bits per heavy atom. The van der Waals surface area contributed by atoms with E-state index >= 15 is 0 Å². The molecule has 2 unspecified atom stereocenters. The molecule has 2 N–H and O–H groups in total. The smallest absolute Gasteiger partial charge is 0.322 e. The number of ether oxygens (including phenoxy) is 1. The summed E-state index contributed by atoms with van der Waals surface area (Å²) < 4.78 is 6.98.